The lowest BCUT2D eigenvalue weighted by Crippen LogP contribution is -1.89. The Kier molecular flexibility index (Phi) is 3.06. The van der Waals surface area contributed by atoms with Gasteiger partial charge in [0.2, 0.25) is 0 Å². The molecule has 0 spiro atoms. The summed E-state index contributed by atoms with van der Waals surface area (Å²) in [6, 6.07) is 4.92. The second-order valence-corrected chi connectivity index (χ2v) is 2.96. The van der Waals surface area contributed by atoms with Crippen LogP contribution in [-0.2, 0) is 11.8 Å². The van der Waals surface area contributed by atoms with Crippen molar-refractivity contribution in [2.75, 3.05) is 0 Å². The average Bonchev–Trinajstić information content (AvgIpc) is 2.04. The predicted molar refractivity (Wildman–Crippen MR) is 48.4 cm³/mol. The van der Waals surface area contributed by atoms with Gasteiger partial charge in [0, 0.05) is 5.33 Å². The van der Waals surface area contributed by atoms with Crippen molar-refractivity contribution < 1.29 is 4.39 Å². The van der Waals surface area contributed by atoms with Crippen LogP contribution in [0.4, 0.5) is 4.39 Å². The first-order chi connectivity index (χ1) is 5.27. The van der Waals surface area contributed by atoms with Gasteiger partial charge in [-0.2, -0.15) is 0 Å². The van der Waals surface area contributed by atoms with Gasteiger partial charge < -0.3 is 0 Å². The lowest BCUT2D eigenvalue weighted by molar-refractivity contribution is 0.625. The second-order valence-electron chi connectivity index (χ2n) is 2.40. The molecule has 0 amide bonds. The molecule has 0 heterocycles. The molecule has 0 aliphatic rings. The summed E-state index contributed by atoms with van der Waals surface area (Å²) in [6.07, 6.45) is 0.960. The zero-order valence-corrected chi connectivity index (χ0v) is 7.99. The van der Waals surface area contributed by atoms with E-state index in [2.05, 4.69) is 22.9 Å². The lowest BCUT2D eigenvalue weighted by atomic mass is 10.1. The van der Waals surface area contributed by atoms with E-state index in [1.54, 1.807) is 6.07 Å². The van der Waals surface area contributed by atoms with E-state index in [0.717, 1.165) is 17.3 Å². The summed E-state index contributed by atoms with van der Waals surface area (Å²) < 4.78 is 12.6. The molecule has 0 radical (unpaired) electrons. The van der Waals surface area contributed by atoms with Crippen LogP contribution in [0.1, 0.15) is 18.1 Å². The normalized spacial score (nSPS) is 10.1. The van der Waals surface area contributed by atoms with Crippen LogP contribution in [0.2, 0.25) is 0 Å². The van der Waals surface area contributed by atoms with Crippen LogP contribution in [0, 0.1) is 5.82 Å². The number of hydrogen-bond acceptors (Lipinski definition) is 0. The van der Waals surface area contributed by atoms with Gasteiger partial charge in [0.15, 0.2) is 0 Å². The topological polar surface area (TPSA) is 0 Å². The fourth-order valence-electron chi connectivity index (χ4n) is 1.06. The van der Waals surface area contributed by atoms with Crippen LogP contribution < -0.4 is 0 Å². The first kappa shape index (κ1) is 8.72. The van der Waals surface area contributed by atoms with E-state index in [9.17, 15) is 4.39 Å². The highest BCUT2D eigenvalue weighted by atomic mass is 79.9. The maximum atomic E-state index is 12.6. The largest absolute Gasteiger partial charge is 0.207 e. The van der Waals surface area contributed by atoms with Crippen molar-refractivity contribution in [1.82, 2.24) is 0 Å². The Hall–Kier alpha value is -0.370. The Balaban J connectivity index is 3.06. The molecule has 60 valence electrons. The van der Waals surface area contributed by atoms with Crippen LogP contribution in [0.15, 0.2) is 18.2 Å². The third kappa shape index (κ3) is 2.03. The van der Waals surface area contributed by atoms with Crippen molar-refractivity contribution in [3.63, 3.8) is 0 Å². The molecule has 0 saturated carbocycles. The maximum absolute atomic E-state index is 12.6. The number of halogens is 2. The molecule has 1 aromatic rings. The summed E-state index contributed by atoms with van der Waals surface area (Å²) >= 11 is 3.32. The fraction of sp³-hybridized carbons (Fsp3) is 0.333. The first-order valence-corrected chi connectivity index (χ1v) is 4.73. The Labute approximate surface area is 74.6 Å². The molecule has 1 rings (SSSR count). The molecule has 2 heteroatoms. The summed E-state index contributed by atoms with van der Waals surface area (Å²) in [5.41, 5.74) is 2.26. The van der Waals surface area contributed by atoms with E-state index in [0.29, 0.717) is 0 Å². The number of alkyl halides is 1. The summed E-state index contributed by atoms with van der Waals surface area (Å²) in [5.74, 6) is -0.156. The van der Waals surface area contributed by atoms with Gasteiger partial charge in [-0.1, -0.05) is 28.9 Å². The van der Waals surface area contributed by atoms with Crippen molar-refractivity contribution in [2.45, 2.75) is 18.7 Å². The number of aryl methyl sites for hydroxylation is 1. The van der Waals surface area contributed by atoms with Crippen LogP contribution in [-0.4, -0.2) is 0 Å². The number of hydrogen-bond donors (Lipinski definition) is 0. The SMILES string of the molecule is CCc1ccc(F)cc1CBr. The van der Waals surface area contributed by atoms with Gasteiger partial charge in [0.1, 0.15) is 5.82 Å². The van der Waals surface area contributed by atoms with Crippen molar-refractivity contribution in [3.05, 3.63) is 35.1 Å². The van der Waals surface area contributed by atoms with Crippen molar-refractivity contribution >= 4 is 15.9 Å². The van der Waals surface area contributed by atoms with Crippen LogP contribution in [0.3, 0.4) is 0 Å². The minimum absolute atomic E-state index is 0.156. The molecule has 0 nitrogen and oxygen atoms in total. The van der Waals surface area contributed by atoms with Gasteiger partial charge in [0.05, 0.1) is 0 Å². The average molecular weight is 217 g/mol. The Morgan fingerprint density at radius 2 is 2.09 bits per heavy atom. The minimum Gasteiger partial charge on any atom is -0.207 e. The van der Waals surface area contributed by atoms with Crippen LogP contribution in [0.5, 0.6) is 0 Å². The zero-order chi connectivity index (χ0) is 8.27. The Morgan fingerprint density at radius 1 is 1.36 bits per heavy atom. The monoisotopic (exact) mass is 216 g/mol. The summed E-state index contributed by atoms with van der Waals surface area (Å²) in [7, 11) is 0. The standard InChI is InChI=1S/C9H10BrF/c1-2-7-3-4-9(11)5-8(7)6-10/h3-5H,2,6H2,1H3. The highest BCUT2D eigenvalue weighted by Gasteiger charge is 1.99. The van der Waals surface area contributed by atoms with E-state index in [1.807, 2.05) is 6.07 Å². The van der Waals surface area contributed by atoms with E-state index < -0.39 is 0 Å². The fourth-order valence-corrected chi connectivity index (χ4v) is 1.59. The first-order valence-electron chi connectivity index (χ1n) is 3.61. The molecule has 0 bridgehead atoms. The molecule has 0 fully saturated rings. The van der Waals surface area contributed by atoms with Gasteiger partial charge in [-0.25, -0.2) is 4.39 Å². The van der Waals surface area contributed by atoms with Gasteiger partial charge in [0.25, 0.3) is 0 Å². The van der Waals surface area contributed by atoms with Crippen LogP contribution in [0.25, 0.3) is 0 Å². The van der Waals surface area contributed by atoms with Crippen molar-refractivity contribution in [3.8, 4) is 0 Å². The summed E-state index contributed by atoms with van der Waals surface area (Å²) in [5, 5.41) is 0.730. The van der Waals surface area contributed by atoms with Crippen LogP contribution >= 0.6 is 15.9 Å². The highest BCUT2D eigenvalue weighted by Crippen LogP contribution is 2.14. The Bertz CT molecular complexity index is 245. The van der Waals surface area contributed by atoms with Gasteiger partial charge in [-0.15, -0.1) is 0 Å². The zero-order valence-electron chi connectivity index (χ0n) is 6.40. The molecular formula is C9H10BrF. The van der Waals surface area contributed by atoms with E-state index >= 15 is 0 Å². The highest BCUT2D eigenvalue weighted by molar-refractivity contribution is 9.08. The van der Waals surface area contributed by atoms with Gasteiger partial charge >= 0.3 is 0 Å². The third-order valence-corrected chi connectivity index (χ3v) is 2.30. The molecule has 1 aromatic carbocycles. The predicted octanol–water partition coefficient (Wildman–Crippen LogP) is 3.28. The number of benzene rings is 1. The van der Waals surface area contributed by atoms with Gasteiger partial charge in [-0.05, 0) is 29.7 Å². The molecule has 0 N–H and O–H groups in total. The van der Waals surface area contributed by atoms with Crippen molar-refractivity contribution in [2.24, 2.45) is 0 Å². The summed E-state index contributed by atoms with van der Waals surface area (Å²) in [4.78, 5) is 0. The molecule has 0 aliphatic carbocycles. The quantitative estimate of drug-likeness (QED) is 0.667. The third-order valence-electron chi connectivity index (χ3n) is 1.69. The van der Waals surface area contributed by atoms with Crippen molar-refractivity contribution in [1.29, 1.82) is 0 Å². The van der Waals surface area contributed by atoms with E-state index in [1.165, 1.54) is 11.6 Å². The maximum Gasteiger partial charge on any atom is 0.123 e. The minimum atomic E-state index is -0.156. The number of rotatable bonds is 2. The smallest absolute Gasteiger partial charge is 0.123 e. The summed E-state index contributed by atoms with van der Waals surface area (Å²) in [6.45, 7) is 2.07. The molecular weight excluding hydrogens is 207 g/mol. The van der Waals surface area contributed by atoms with E-state index in [-0.39, 0.29) is 5.82 Å². The second kappa shape index (κ2) is 3.86. The van der Waals surface area contributed by atoms with Gasteiger partial charge in [-0.3, -0.25) is 0 Å². The molecule has 0 aromatic heterocycles. The molecule has 0 saturated heterocycles. The molecule has 0 aliphatic heterocycles. The Morgan fingerprint density at radius 3 is 2.64 bits per heavy atom. The molecule has 11 heavy (non-hydrogen) atoms. The lowest BCUT2D eigenvalue weighted by Gasteiger charge is -2.03. The van der Waals surface area contributed by atoms with E-state index in [4.69, 9.17) is 0 Å². The molecule has 0 atom stereocenters. The molecule has 0 unspecified atom stereocenters.